The summed E-state index contributed by atoms with van der Waals surface area (Å²) in [6, 6.07) is 17.7. The first-order valence-electron chi connectivity index (χ1n) is 9.38. The molecule has 0 bridgehead atoms. The lowest BCUT2D eigenvalue weighted by Crippen LogP contribution is -2.41. The van der Waals surface area contributed by atoms with E-state index in [1.165, 1.54) is 0 Å². The van der Waals surface area contributed by atoms with Crippen molar-refractivity contribution in [2.75, 3.05) is 23.3 Å². The quantitative estimate of drug-likeness (QED) is 0.640. The highest BCUT2D eigenvalue weighted by molar-refractivity contribution is 9.10. The second-order valence-corrected chi connectivity index (χ2v) is 7.83. The fourth-order valence-corrected chi connectivity index (χ4v) is 3.68. The molecule has 1 N–H and O–H groups in total. The molecule has 1 aromatic heterocycles. The zero-order chi connectivity index (χ0) is 19.3. The number of amides is 1. The molecule has 1 aliphatic heterocycles. The van der Waals surface area contributed by atoms with Crippen molar-refractivity contribution in [3.8, 4) is 11.1 Å². The molecule has 0 radical (unpaired) electrons. The van der Waals surface area contributed by atoms with Crippen LogP contribution in [0.3, 0.4) is 0 Å². The summed E-state index contributed by atoms with van der Waals surface area (Å²) in [7, 11) is 0. The Morgan fingerprint density at radius 3 is 2.43 bits per heavy atom. The molecule has 0 spiro atoms. The highest BCUT2D eigenvalue weighted by Crippen LogP contribution is 2.24. The van der Waals surface area contributed by atoms with Crippen LogP contribution in [0.4, 0.5) is 11.6 Å². The predicted octanol–water partition coefficient (Wildman–Crippen LogP) is 4.76. The van der Waals surface area contributed by atoms with Gasteiger partial charge < -0.3 is 10.2 Å². The molecule has 142 valence electrons. The van der Waals surface area contributed by atoms with Gasteiger partial charge in [-0.15, -0.1) is 0 Å². The number of piperidine rings is 1. The van der Waals surface area contributed by atoms with Crippen molar-refractivity contribution in [2.24, 2.45) is 5.92 Å². The molecular weight excluding hydrogens is 416 g/mol. The number of rotatable bonds is 4. The lowest BCUT2D eigenvalue weighted by molar-refractivity contribution is -0.120. The Balaban J connectivity index is 1.42. The number of nitrogens with zero attached hydrogens (tertiary/aromatic N) is 3. The van der Waals surface area contributed by atoms with Gasteiger partial charge in [0, 0.05) is 41.2 Å². The van der Waals surface area contributed by atoms with Gasteiger partial charge in [0.05, 0.1) is 5.92 Å². The average Bonchev–Trinajstić information content (AvgIpc) is 2.76. The van der Waals surface area contributed by atoms with Crippen LogP contribution < -0.4 is 10.2 Å². The molecule has 1 saturated heterocycles. The van der Waals surface area contributed by atoms with E-state index in [9.17, 15) is 4.79 Å². The second kappa shape index (κ2) is 8.52. The molecule has 2 heterocycles. The van der Waals surface area contributed by atoms with Gasteiger partial charge in [0.15, 0.2) is 0 Å². The SMILES string of the molecule is O=C(Nc1ccc(Br)cc1)[C@@H]1CCCN(c2ncc(-c3ccccc3)cn2)C1. The first kappa shape index (κ1) is 18.6. The van der Waals surface area contributed by atoms with Crippen LogP contribution in [0.5, 0.6) is 0 Å². The standard InChI is InChI=1S/C22H21BrN4O/c23-19-8-10-20(11-9-19)26-21(28)17-7-4-12-27(15-17)22-24-13-18(14-25-22)16-5-2-1-3-6-16/h1-3,5-6,8-11,13-14,17H,4,7,12,15H2,(H,26,28)/t17-/m1/s1. The molecule has 3 aromatic rings. The Morgan fingerprint density at radius 2 is 1.71 bits per heavy atom. The molecule has 4 rings (SSSR count). The number of benzene rings is 2. The third-order valence-electron chi connectivity index (χ3n) is 4.93. The first-order chi connectivity index (χ1) is 13.7. The number of carbonyl (C=O) groups excluding carboxylic acids is 1. The van der Waals surface area contributed by atoms with Crippen molar-refractivity contribution < 1.29 is 4.79 Å². The summed E-state index contributed by atoms with van der Waals surface area (Å²) in [6.45, 7) is 1.50. The molecule has 0 saturated carbocycles. The average molecular weight is 437 g/mol. The number of hydrogen-bond donors (Lipinski definition) is 1. The maximum atomic E-state index is 12.7. The largest absolute Gasteiger partial charge is 0.340 e. The van der Waals surface area contributed by atoms with E-state index >= 15 is 0 Å². The summed E-state index contributed by atoms with van der Waals surface area (Å²) in [5.41, 5.74) is 2.90. The number of hydrogen-bond acceptors (Lipinski definition) is 4. The van der Waals surface area contributed by atoms with E-state index in [1.807, 2.05) is 67.0 Å². The third-order valence-corrected chi connectivity index (χ3v) is 5.46. The smallest absolute Gasteiger partial charge is 0.229 e. The van der Waals surface area contributed by atoms with E-state index in [1.54, 1.807) is 0 Å². The first-order valence-corrected chi connectivity index (χ1v) is 10.2. The lowest BCUT2D eigenvalue weighted by atomic mass is 9.97. The van der Waals surface area contributed by atoms with Crippen molar-refractivity contribution in [3.63, 3.8) is 0 Å². The highest BCUT2D eigenvalue weighted by Gasteiger charge is 2.27. The fraction of sp³-hybridized carbons (Fsp3) is 0.227. The molecule has 6 heteroatoms. The van der Waals surface area contributed by atoms with Gasteiger partial charge in [0.25, 0.3) is 0 Å². The van der Waals surface area contributed by atoms with Gasteiger partial charge in [-0.25, -0.2) is 9.97 Å². The Kier molecular flexibility index (Phi) is 5.67. The molecule has 1 fully saturated rings. The Labute approximate surface area is 173 Å². The van der Waals surface area contributed by atoms with Crippen LogP contribution in [-0.2, 0) is 4.79 Å². The Bertz CT molecular complexity index is 929. The van der Waals surface area contributed by atoms with Gasteiger partial charge in [-0.05, 0) is 42.7 Å². The minimum absolute atomic E-state index is 0.0490. The number of nitrogens with one attached hydrogen (secondary N) is 1. The zero-order valence-corrected chi connectivity index (χ0v) is 17.0. The van der Waals surface area contributed by atoms with Crippen LogP contribution in [-0.4, -0.2) is 29.0 Å². The van der Waals surface area contributed by atoms with Crippen LogP contribution in [0.15, 0.2) is 71.5 Å². The van der Waals surface area contributed by atoms with Crippen molar-refractivity contribution in [2.45, 2.75) is 12.8 Å². The normalized spacial score (nSPS) is 16.6. The van der Waals surface area contributed by atoms with Crippen molar-refractivity contribution >= 4 is 33.5 Å². The third kappa shape index (κ3) is 4.39. The van der Waals surface area contributed by atoms with Crippen molar-refractivity contribution in [3.05, 3.63) is 71.5 Å². The molecule has 1 amide bonds. The Hall–Kier alpha value is -2.73. The molecular formula is C22H21BrN4O. The summed E-state index contributed by atoms with van der Waals surface area (Å²) in [5.74, 6) is 0.656. The topological polar surface area (TPSA) is 58.1 Å². The van der Waals surface area contributed by atoms with E-state index < -0.39 is 0 Å². The second-order valence-electron chi connectivity index (χ2n) is 6.92. The number of aromatic nitrogens is 2. The van der Waals surface area contributed by atoms with Gasteiger partial charge in [0.1, 0.15) is 0 Å². The molecule has 5 nitrogen and oxygen atoms in total. The van der Waals surface area contributed by atoms with Crippen LogP contribution in [0.2, 0.25) is 0 Å². The maximum Gasteiger partial charge on any atom is 0.229 e. The number of anilines is 2. The van der Waals surface area contributed by atoms with Gasteiger partial charge in [-0.2, -0.15) is 0 Å². The minimum Gasteiger partial charge on any atom is -0.340 e. The van der Waals surface area contributed by atoms with Crippen LogP contribution in [0, 0.1) is 5.92 Å². The summed E-state index contributed by atoms with van der Waals surface area (Å²) in [4.78, 5) is 23.9. The number of halogens is 1. The molecule has 1 aliphatic rings. The van der Waals surface area contributed by atoms with Gasteiger partial charge >= 0.3 is 0 Å². The lowest BCUT2D eigenvalue weighted by Gasteiger charge is -2.32. The summed E-state index contributed by atoms with van der Waals surface area (Å²) >= 11 is 3.41. The molecule has 28 heavy (non-hydrogen) atoms. The van der Waals surface area contributed by atoms with E-state index in [0.29, 0.717) is 12.5 Å². The van der Waals surface area contributed by atoms with Gasteiger partial charge in [-0.1, -0.05) is 46.3 Å². The summed E-state index contributed by atoms with van der Waals surface area (Å²) in [5, 5.41) is 3.01. The summed E-state index contributed by atoms with van der Waals surface area (Å²) in [6.07, 6.45) is 5.52. The van der Waals surface area contributed by atoms with Gasteiger partial charge in [-0.3, -0.25) is 4.79 Å². The van der Waals surface area contributed by atoms with Crippen LogP contribution in [0.1, 0.15) is 12.8 Å². The molecule has 0 unspecified atom stereocenters. The summed E-state index contributed by atoms with van der Waals surface area (Å²) < 4.78 is 0.991. The zero-order valence-electron chi connectivity index (χ0n) is 15.4. The van der Waals surface area contributed by atoms with E-state index in [4.69, 9.17) is 0 Å². The van der Waals surface area contributed by atoms with E-state index in [-0.39, 0.29) is 11.8 Å². The van der Waals surface area contributed by atoms with Crippen molar-refractivity contribution in [1.82, 2.24) is 9.97 Å². The monoisotopic (exact) mass is 436 g/mol. The molecule has 1 atom stereocenters. The Morgan fingerprint density at radius 1 is 1.00 bits per heavy atom. The van der Waals surface area contributed by atoms with Crippen LogP contribution in [0.25, 0.3) is 11.1 Å². The van der Waals surface area contributed by atoms with Crippen molar-refractivity contribution in [1.29, 1.82) is 0 Å². The van der Waals surface area contributed by atoms with E-state index in [2.05, 4.69) is 36.1 Å². The highest BCUT2D eigenvalue weighted by atomic mass is 79.9. The fourth-order valence-electron chi connectivity index (χ4n) is 3.41. The number of carbonyl (C=O) groups is 1. The van der Waals surface area contributed by atoms with Gasteiger partial charge in [0.2, 0.25) is 11.9 Å². The molecule has 2 aromatic carbocycles. The van der Waals surface area contributed by atoms with E-state index in [0.717, 1.165) is 40.7 Å². The minimum atomic E-state index is -0.0743. The predicted molar refractivity (Wildman–Crippen MR) is 115 cm³/mol. The van der Waals surface area contributed by atoms with Crippen LogP contribution >= 0.6 is 15.9 Å². The maximum absolute atomic E-state index is 12.7. The molecule has 0 aliphatic carbocycles.